The van der Waals surface area contributed by atoms with Crippen molar-refractivity contribution >= 4 is 38.1 Å². The Hall–Kier alpha value is -2.45. The van der Waals surface area contributed by atoms with Crippen LogP contribution in [0, 0.1) is 5.13 Å². The quantitative estimate of drug-likeness (QED) is 0.438. The van der Waals surface area contributed by atoms with E-state index >= 15 is 0 Å². The first-order valence-corrected chi connectivity index (χ1v) is 12.7. The zero-order chi connectivity index (χ0) is 23.4. The molecule has 2 atom stereocenters. The molecule has 0 radical (unpaired) electrons. The van der Waals surface area contributed by atoms with Gasteiger partial charge in [-0.05, 0) is 19.1 Å². The van der Waals surface area contributed by atoms with Crippen molar-refractivity contribution in [1.82, 2.24) is 14.6 Å². The summed E-state index contributed by atoms with van der Waals surface area (Å²) in [5, 5.41) is 9.24. The number of nitrogens with one attached hydrogen (secondary N) is 2. The molecule has 2 aliphatic heterocycles. The van der Waals surface area contributed by atoms with E-state index in [1.165, 1.54) is 28.6 Å². The van der Waals surface area contributed by atoms with Gasteiger partial charge < -0.3 is 14.9 Å². The predicted octanol–water partition coefficient (Wildman–Crippen LogP) is 1.41. The van der Waals surface area contributed by atoms with E-state index in [1.54, 1.807) is 0 Å². The molecule has 0 saturated carbocycles. The van der Waals surface area contributed by atoms with E-state index in [4.69, 9.17) is 9.57 Å². The summed E-state index contributed by atoms with van der Waals surface area (Å²) >= 11 is 0.678. The van der Waals surface area contributed by atoms with Crippen LogP contribution < -0.4 is 10.6 Å². The van der Waals surface area contributed by atoms with Crippen molar-refractivity contribution < 1.29 is 27.2 Å². The van der Waals surface area contributed by atoms with E-state index in [0.29, 0.717) is 56.2 Å². The van der Waals surface area contributed by atoms with Crippen LogP contribution in [0.4, 0.5) is 9.52 Å². The van der Waals surface area contributed by atoms with Crippen molar-refractivity contribution in [2.45, 2.75) is 30.4 Å². The fourth-order valence-electron chi connectivity index (χ4n) is 3.47. The summed E-state index contributed by atoms with van der Waals surface area (Å²) in [4.78, 5) is 22.2. The lowest BCUT2D eigenvalue weighted by Gasteiger charge is -2.31. The Kier molecular flexibility index (Phi) is 7.34. The van der Waals surface area contributed by atoms with Crippen LogP contribution in [0.5, 0.6) is 0 Å². The molecule has 2 fully saturated rings. The average molecular weight is 498 g/mol. The lowest BCUT2D eigenvalue weighted by atomic mass is 10.1. The average Bonchev–Trinajstić information content (AvgIpc) is 3.46. The van der Waals surface area contributed by atoms with Crippen LogP contribution in [0.15, 0.2) is 40.5 Å². The van der Waals surface area contributed by atoms with Gasteiger partial charge in [-0.15, -0.1) is 0 Å². The second kappa shape index (κ2) is 10.2. The number of hydrogen-bond acceptors (Lipinski definition) is 9. The second-order valence-corrected chi connectivity index (χ2v) is 10.6. The number of thiazole rings is 1. The number of sulfonamides is 1. The largest absolute Gasteiger partial charge is 0.389 e. The summed E-state index contributed by atoms with van der Waals surface area (Å²) in [6, 6.07) is 5.91. The molecule has 2 saturated heterocycles. The van der Waals surface area contributed by atoms with E-state index in [9.17, 15) is 17.6 Å². The van der Waals surface area contributed by atoms with Crippen LogP contribution in [-0.4, -0.2) is 74.3 Å². The SMILES string of the molecule is C[C@@H]1CN(S(=O)(=O)c2ccc(C(=NO[C@@H]3CCOC3)C(=O)Nc3ncc(F)s3)cc2)CCN1. The van der Waals surface area contributed by atoms with E-state index in [2.05, 4.69) is 20.8 Å². The van der Waals surface area contributed by atoms with Crippen LogP contribution in [0.1, 0.15) is 18.9 Å². The molecule has 2 N–H and O–H groups in total. The summed E-state index contributed by atoms with van der Waals surface area (Å²) in [6.07, 6.45) is 1.34. The van der Waals surface area contributed by atoms with Crippen LogP contribution in [-0.2, 0) is 24.4 Å². The number of benzene rings is 1. The zero-order valence-corrected chi connectivity index (χ0v) is 19.5. The lowest BCUT2D eigenvalue weighted by Crippen LogP contribution is -2.51. The first kappa shape index (κ1) is 23.7. The third kappa shape index (κ3) is 5.73. The molecule has 33 heavy (non-hydrogen) atoms. The summed E-state index contributed by atoms with van der Waals surface area (Å²) in [6.45, 7) is 4.16. The molecule has 2 aromatic rings. The van der Waals surface area contributed by atoms with Gasteiger partial charge >= 0.3 is 0 Å². The number of aromatic nitrogens is 1. The fraction of sp³-hybridized carbons (Fsp3) is 0.450. The molecule has 0 bridgehead atoms. The number of nitrogens with zero attached hydrogens (tertiary/aromatic N) is 3. The Bertz CT molecular complexity index is 1120. The standard InChI is InChI=1S/C20H24FN5O5S2/c1-13-11-26(8-7-22-13)33(28,29)16-4-2-14(3-5-16)18(25-31-15-6-9-30-12-15)19(27)24-20-23-10-17(21)32-20/h2-5,10,13,15,22H,6-9,11-12H2,1H3,(H,23,24,27)/t13-,15-/m1/s1. The highest BCUT2D eigenvalue weighted by Gasteiger charge is 2.29. The summed E-state index contributed by atoms with van der Waals surface area (Å²) < 4.78 is 45.9. The number of carbonyl (C=O) groups excluding carboxylic acids is 1. The molecule has 1 aromatic heterocycles. The number of anilines is 1. The van der Waals surface area contributed by atoms with Gasteiger partial charge in [-0.3, -0.25) is 10.1 Å². The van der Waals surface area contributed by atoms with Gasteiger partial charge in [0.25, 0.3) is 5.91 Å². The summed E-state index contributed by atoms with van der Waals surface area (Å²) in [5.74, 6) is -0.658. The van der Waals surface area contributed by atoms with Gasteiger partial charge in [0.2, 0.25) is 10.0 Å². The van der Waals surface area contributed by atoms with E-state index in [1.807, 2.05) is 6.92 Å². The molecule has 0 spiro atoms. The minimum Gasteiger partial charge on any atom is -0.389 e. The fourth-order valence-corrected chi connectivity index (χ4v) is 5.54. The van der Waals surface area contributed by atoms with Crippen molar-refractivity contribution in [3.63, 3.8) is 0 Å². The highest BCUT2D eigenvalue weighted by atomic mass is 32.2. The number of hydrogen-bond donors (Lipinski definition) is 2. The highest BCUT2D eigenvalue weighted by molar-refractivity contribution is 7.89. The van der Waals surface area contributed by atoms with Crippen molar-refractivity contribution in [1.29, 1.82) is 0 Å². The Labute approximate surface area is 194 Å². The highest BCUT2D eigenvalue weighted by Crippen LogP contribution is 2.20. The number of ether oxygens (including phenoxy) is 1. The molecule has 0 unspecified atom stereocenters. The maximum Gasteiger partial charge on any atom is 0.280 e. The van der Waals surface area contributed by atoms with Crippen LogP contribution >= 0.6 is 11.3 Å². The first-order valence-electron chi connectivity index (χ1n) is 10.4. The van der Waals surface area contributed by atoms with Gasteiger partial charge in [0.05, 0.1) is 24.3 Å². The van der Waals surface area contributed by atoms with Crippen molar-refractivity contribution in [3.05, 3.63) is 41.2 Å². The summed E-state index contributed by atoms with van der Waals surface area (Å²) in [5.41, 5.74) is 0.258. The van der Waals surface area contributed by atoms with Crippen LogP contribution in [0.25, 0.3) is 0 Å². The number of oxime groups is 1. The molecule has 10 nitrogen and oxygen atoms in total. The smallest absolute Gasteiger partial charge is 0.280 e. The molecule has 1 aromatic carbocycles. The third-order valence-electron chi connectivity index (χ3n) is 5.19. The predicted molar refractivity (Wildman–Crippen MR) is 120 cm³/mol. The molecule has 4 rings (SSSR count). The Morgan fingerprint density at radius 2 is 2.18 bits per heavy atom. The van der Waals surface area contributed by atoms with E-state index in [-0.39, 0.29) is 27.9 Å². The second-order valence-electron chi connectivity index (χ2n) is 7.70. The van der Waals surface area contributed by atoms with Crippen LogP contribution in [0.3, 0.4) is 0 Å². The minimum absolute atomic E-state index is 0.0580. The normalized spacial score (nSPS) is 22.3. The molecule has 178 valence electrons. The van der Waals surface area contributed by atoms with Gasteiger partial charge in [0, 0.05) is 37.7 Å². The molecule has 2 aliphatic rings. The molecule has 3 heterocycles. The summed E-state index contributed by atoms with van der Waals surface area (Å²) in [7, 11) is -3.67. The van der Waals surface area contributed by atoms with Crippen molar-refractivity contribution in [3.8, 4) is 0 Å². The zero-order valence-electron chi connectivity index (χ0n) is 17.9. The minimum atomic E-state index is -3.67. The van der Waals surface area contributed by atoms with Crippen molar-refractivity contribution in [2.75, 3.05) is 38.2 Å². The van der Waals surface area contributed by atoms with Crippen molar-refractivity contribution in [2.24, 2.45) is 5.16 Å². The molecule has 13 heteroatoms. The third-order valence-corrected chi connectivity index (χ3v) is 7.77. The van der Waals surface area contributed by atoms with Gasteiger partial charge in [-0.1, -0.05) is 28.6 Å². The maximum atomic E-state index is 13.3. The van der Waals surface area contributed by atoms with E-state index < -0.39 is 21.1 Å². The lowest BCUT2D eigenvalue weighted by molar-refractivity contribution is -0.110. The van der Waals surface area contributed by atoms with Gasteiger partial charge in [-0.2, -0.15) is 8.70 Å². The van der Waals surface area contributed by atoms with E-state index in [0.717, 1.165) is 6.20 Å². The number of amides is 1. The number of piperazine rings is 1. The molecule has 0 aliphatic carbocycles. The Morgan fingerprint density at radius 1 is 1.39 bits per heavy atom. The van der Waals surface area contributed by atoms with Gasteiger partial charge in [-0.25, -0.2) is 13.4 Å². The Morgan fingerprint density at radius 3 is 2.82 bits per heavy atom. The number of carbonyl (C=O) groups is 1. The molecular weight excluding hydrogens is 473 g/mol. The number of rotatable bonds is 7. The topological polar surface area (TPSA) is 122 Å². The first-order chi connectivity index (χ1) is 15.8. The van der Waals surface area contributed by atoms with Gasteiger partial charge in [0.1, 0.15) is 0 Å². The van der Waals surface area contributed by atoms with Gasteiger partial charge in [0.15, 0.2) is 22.1 Å². The number of halogens is 1. The monoisotopic (exact) mass is 497 g/mol. The maximum absolute atomic E-state index is 13.3. The van der Waals surface area contributed by atoms with Crippen LogP contribution in [0.2, 0.25) is 0 Å². The molecular formula is C20H24FN5O5S2. The molecule has 1 amide bonds. The Balaban J connectivity index is 1.56.